The summed E-state index contributed by atoms with van der Waals surface area (Å²) in [5, 5.41) is 5.99. The molecule has 8 nitrogen and oxygen atoms in total. The first-order chi connectivity index (χ1) is 14.7. The lowest BCUT2D eigenvalue weighted by molar-refractivity contribution is -0.139. The number of alkyl halides is 2. The Morgan fingerprint density at radius 2 is 2.13 bits per heavy atom. The van der Waals surface area contributed by atoms with Crippen molar-refractivity contribution in [3.05, 3.63) is 52.2 Å². The number of piperidine rings is 1. The van der Waals surface area contributed by atoms with E-state index in [4.69, 9.17) is 10.5 Å². The first kappa shape index (κ1) is 21.4. The first-order valence-corrected chi connectivity index (χ1v) is 10.3. The van der Waals surface area contributed by atoms with Gasteiger partial charge in [-0.05, 0) is 43.9 Å². The van der Waals surface area contributed by atoms with Crippen molar-refractivity contribution in [1.29, 1.82) is 0 Å². The maximum absolute atomic E-state index is 14.7. The maximum atomic E-state index is 14.7. The summed E-state index contributed by atoms with van der Waals surface area (Å²) in [6.07, 6.45) is 3.37. The second-order valence-electron chi connectivity index (χ2n) is 8.43. The number of likely N-dealkylation sites (tertiary alicyclic amines) is 1. The molecule has 0 radical (unpaired) electrons. The van der Waals surface area contributed by atoms with Crippen molar-refractivity contribution in [2.24, 2.45) is 11.7 Å². The largest absolute Gasteiger partial charge is 0.492 e. The molecule has 2 atom stereocenters. The number of H-pyrrole nitrogens is 1. The Bertz CT molecular complexity index is 988. The van der Waals surface area contributed by atoms with Gasteiger partial charge < -0.3 is 10.5 Å². The van der Waals surface area contributed by atoms with Gasteiger partial charge in [0.25, 0.3) is 11.5 Å². The summed E-state index contributed by atoms with van der Waals surface area (Å²) in [7, 11) is 0. The van der Waals surface area contributed by atoms with Crippen LogP contribution in [0.1, 0.15) is 43.5 Å². The molecule has 1 saturated carbocycles. The Kier molecular flexibility index (Phi) is 5.50. The lowest BCUT2D eigenvalue weighted by atomic mass is 9.84. The van der Waals surface area contributed by atoms with Crippen LogP contribution in [0.4, 0.5) is 8.78 Å². The minimum atomic E-state index is -3.05. The van der Waals surface area contributed by atoms with Gasteiger partial charge in [0.1, 0.15) is 11.3 Å². The van der Waals surface area contributed by atoms with Crippen molar-refractivity contribution < 1.29 is 18.3 Å². The van der Waals surface area contributed by atoms with Crippen LogP contribution < -0.4 is 16.0 Å². The minimum absolute atomic E-state index is 0.0477. The van der Waals surface area contributed by atoms with Crippen molar-refractivity contribution in [3.8, 4) is 5.75 Å². The first-order valence-electron chi connectivity index (χ1n) is 10.3. The van der Waals surface area contributed by atoms with Crippen LogP contribution in [0, 0.1) is 5.92 Å². The average Bonchev–Trinajstić information content (AvgIpc) is 3.57. The summed E-state index contributed by atoms with van der Waals surface area (Å²) >= 11 is 0. The van der Waals surface area contributed by atoms with Crippen LogP contribution in [0.25, 0.3) is 0 Å². The number of aromatic nitrogens is 3. The number of hydrogen-bond acceptors (Lipinski definition) is 6. The summed E-state index contributed by atoms with van der Waals surface area (Å²) in [4.78, 5) is 29.8. The summed E-state index contributed by atoms with van der Waals surface area (Å²) in [5.41, 5.74) is 4.29. The standard InChI is InChI=1S/C21H25F2N5O3/c1-20(19(24)30,17-6-4-14(10-25-17)31-12-13-2-3-13)28-9-8-21(22,23)15(11-28)16-5-7-18(29)27-26-16/h4-7,10,13,15H,2-3,8-9,11-12H2,1H3,(H2,24,30)(H,27,29)/t15-,20?/m1/s1. The summed E-state index contributed by atoms with van der Waals surface area (Å²) in [6.45, 7) is 1.99. The molecule has 3 N–H and O–H groups in total. The van der Waals surface area contributed by atoms with Crippen LogP contribution in [0.2, 0.25) is 0 Å². The zero-order valence-corrected chi connectivity index (χ0v) is 17.2. The molecule has 31 heavy (non-hydrogen) atoms. The molecular formula is C21H25F2N5O3. The number of ether oxygens (including phenoxy) is 1. The fraction of sp³-hybridized carbons (Fsp3) is 0.524. The number of hydrogen-bond donors (Lipinski definition) is 2. The SMILES string of the molecule is CC(C(N)=O)(c1ccc(OCC2CC2)cn1)N1CCC(F)(F)[C@@H](c2ccc(=O)[nH]n2)C1. The van der Waals surface area contributed by atoms with E-state index in [9.17, 15) is 18.4 Å². The molecule has 1 aliphatic heterocycles. The maximum Gasteiger partial charge on any atom is 0.264 e. The Balaban J connectivity index is 1.59. The molecule has 166 valence electrons. The number of amides is 1. The summed E-state index contributed by atoms with van der Waals surface area (Å²) in [5.74, 6) is -3.87. The van der Waals surface area contributed by atoms with Gasteiger partial charge in [0, 0.05) is 25.6 Å². The molecule has 3 heterocycles. The number of pyridine rings is 1. The number of carbonyl (C=O) groups excluding carboxylic acids is 1. The van der Waals surface area contributed by atoms with E-state index in [0.29, 0.717) is 24.0 Å². The Labute approximate surface area is 177 Å². The molecule has 2 aromatic rings. The van der Waals surface area contributed by atoms with Crippen molar-refractivity contribution in [2.75, 3.05) is 19.7 Å². The Hall–Kier alpha value is -2.88. The molecule has 1 saturated heterocycles. The van der Waals surface area contributed by atoms with E-state index in [2.05, 4.69) is 15.2 Å². The van der Waals surface area contributed by atoms with Gasteiger partial charge in [-0.3, -0.25) is 19.5 Å². The van der Waals surface area contributed by atoms with Crippen LogP contribution in [-0.4, -0.2) is 51.6 Å². The van der Waals surface area contributed by atoms with Gasteiger partial charge in [0.2, 0.25) is 5.91 Å². The number of aromatic amines is 1. The van der Waals surface area contributed by atoms with Crippen molar-refractivity contribution in [3.63, 3.8) is 0 Å². The molecule has 0 bridgehead atoms. The zero-order valence-electron chi connectivity index (χ0n) is 17.2. The lowest BCUT2D eigenvalue weighted by Gasteiger charge is -2.45. The van der Waals surface area contributed by atoms with Gasteiger partial charge in [-0.2, -0.15) is 5.10 Å². The molecule has 1 amide bonds. The van der Waals surface area contributed by atoms with Crippen LogP contribution in [0.3, 0.4) is 0 Å². The molecule has 4 rings (SSSR count). The molecule has 2 aliphatic rings. The lowest BCUT2D eigenvalue weighted by Crippen LogP contribution is -2.59. The van der Waals surface area contributed by atoms with Gasteiger partial charge in [-0.1, -0.05) is 0 Å². The van der Waals surface area contributed by atoms with Gasteiger partial charge in [-0.15, -0.1) is 0 Å². The minimum Gasteiger partial charge on any atom is -0.492 e. The third-order valence-corrected chi connectivity index (χ3v) is 6.22. The van der Waals surface area contributed by atoms with E-state index in [0.717, 1.165) is 18.9 Å². The highest BCUT2D eigenvalue weighted by molar-refractivity contribution is 5.85. The molecule has 0 spiro atoms. The van der Waals surface area contributed by atoms with E-state index >= 15 is 0 Å². The number of carbonyl (C=O) groups is 1. The highest BCUT2D eigenvalue weighted by Crippen LogP contribution is 2.43. The van der Waals surface area contributed by atoms with E-state index in [1.807, 2.05) is 0 Å². The predicted octanol–water partition coefficient (Wildman–Crippen LogP) is 1.78. The van der Waals surface area contributed by atoms with E-state index in [-0.39, 0.29) is 18.8 Å². The number of nitrogens with one attached hydrogen (secondary N) is 1. The second kappa shape index (κ2) is 7.99. The molecule has 10 heteroatoms. The Morgan fingerprint density at radius 3 is 2.71 bits per heavy atom. The third-order valence-electron chi connectivity index (χ3n) is 6.22. The monoisotopic (exact) mass is 433 g/mol. The van der Waals surface area contributed by atoms with Crippen molar-refractivity contribution in [1.82, 2.24) is 20.1 Å². The van der Waals surface area contributed by atoms with Crippen molar-refractivity contribution >= 4 is 5.91 Å². The van der Waals surface area contributed by atoms with Crippen molar-refractivity contribution in [2.45, 2.75) is 43.6 Å². The van der Waals surface area contributed by atoms with Gasteiger partial charge in [-0.25, -0.2) is 13.9 Å². The number of rotatable bonds is 7. The average molecular weight is 433 g/mol. The summed E-state index contributed by atoms with van der Waals surface area (Å²) < 4.78 is 35.1. The Morgan fingerprint density at radius 1 is 1.35 bits per heavy atom. The van der Waals surface area contributed by atoms with E-state index < -0.39 is 35.3 Å². The van der Waals surface area contributed by atoms with Crippen LogP contribution in [0.15, 0.2) is 35.3 Å². The smallest absolute Gasteiger partial charge is 0.264 e. The van der Waals surface area contributed by atoms with Gasteiger partial charge >= 0.3 is 0 Å². The molecule has 2 aromatic heterocycles. The predicted molar refractivity (Wildman–Crippen MR) is 108 cm³/mol. The summed E-state index contributed by atoms with van der Waals surface area (Å²) in [6, 6.07) is 5.80. The third kappa shape index (κ3) is 4.30. The fourth-order valence-electron chi connectivity index (χ4n) is 3.87. The van der Waals surface area contributed by atoms with Crippen LogP contribution in [-0.2, 0) is 10.3 Å². The van der Waals surface area contributed by atoms with Gasteiger partial charge in [0.15, 0.2) is 0 Å². The zero-order chi connectivity index (χ0) is 22.2. The quantitative estimate of drug-likeness (QED) is 0.688. The second-order valence-corrected chi connectivity index (χ2v) is 8.43. The number of primary amides is 1. The van der Waals surface area contributed by atoms with E-state index in [1.165, 1.54) is 12.3 Å². The topological polar surface area (TPSA) is 114 Å². The van der Waals surface area contributed by atoms with E-state index in [1.54, 1.807) is 24.0 Å². The fourth-order valence-corrected chi connectivity index (χ4v) is 3.87. The van der Waals surface area contributed by atoms with Crippen LogP contribution >= 0.6 is 0 Å². The van der Waals surface area contributed by atoms with Crippen LogP contribution in [0.5, 0.6) is 5.75 Å². The number of nitrogens with two attached hydrogens (primary N) is 1. The molecule has 1 aliphatic carbocycles. The number of nitrogens with zero attached hydrogens (tertiary/aromatic N) is 3. The number of halogens is 2. The molecule has 1 unspecified atom stereocenters. The molecule has 0 aromatic carbocycles. The highest BCUT2D eigenvalue weighted by Gasteiger charge is 2.52. The molecular weight excluding hydrogens is 408 g/mol. The van der Waals surface area contributed by atoms with Gasteiger partial charge in [0.05, 0.1) is 30.1 Å². The normalized spacial score (nSPS) is 23.1. The highest BCUT2D eigenvalue weighted by atomic mass is 19.3. The molecule has 2 fully saturated rings.